The van der Waals surface area contributed by atoms with Gasteiger partial charge in [-0.3, -0.25) is 4.79 Å². The van der Waals surface area contributed by atoms with E-state index in [4.69, 9.17) is 13.7 Å². The molecule has 2 aromatic rings. The molecular formula is C12H14N2O4. The van der Waals surface area contributed by atoms with Gasteiger partial charge in [0.05, 0.1) is 0 Å². The molecule has 0 aliphatic heterocycles. The van der Waals surface area contributed by atoms with Crippen molar-refractivity contribution in [3.8, 4) is 5.75 Å². The summed E-state index contributed by atoms with van der Waals surface area (Å²) in [5.41, 5.74) is -0.234. The van der Waals surface area contributed by atoms with Crippen LogP contribution in [0.15, 0.2) is 26.1 Å². The first-order valence-electron chi connectivity index (χ1n) is 5.61. The molecule has 0 atom stereocenters. The number of hydrogen-bond donors (Lipinski definition) is 0. The minimum atomic E-state index is -0.234. The van der Waals surface area contributed by atoms with E-state index in [0.29, 0.717) is 17.5 Å². The van der Waals surface area contributed by atoms with Gasteiger partial charge in [-0.2, -0.15) is 4.98 Å². The summed E-state index contributed by atoms with van der Waals surface area (Å²) < 4.78 is 15.3. The van der Waals surface area contributed by atoms with E-state index in [1.54, 1.807) is 6.92 Å². The third kappa shape index (κ3) is 2.77. The van der Waals surface area contributed by atoms with Crippen LogP contribution in [-0.4, -0.2) is 10.1 Å². The Kier molecular flexibility index (Phi) is 3.45. The average Bonchev–Trinajstić information content (AvgIpc) is 2.76. The van der Waals surface area contributed by atoms with Crippen LogP contribution in [-0.2, 0) is 6.61 Å². The fourth-order valence-electron chi connectivity index (χ4n) is 1.30. The largest absolute Gasteiger partial charge is 0.477 e. The van der Waals surface area contributed by atoms with Crippen LogP contribution < -0.4 is 10.2 Å². The van der Waals surface area contributed by atoms with E-state index in [1.807, 2.05) is 13.8 Å². The number of ether oxygens (including phenoxy) is 1. The maximum atomic E-state index is 11.5. The number of rotatable bonds is 4. The van der Waals surface area contributed by atoms with Crippen molar-refractivity contribution in [2.45, 2.75) is 33.3 Å². The van der Waals surface area contributed by atoms with Crippen molar-refractivity contribution in [1.82, 2.24) is 10.1 Å². The fraction of sp³-hybridized carbons (Fsp3) is 0.417. The molecule has 0 N–H and O–H groups in total. The van der Waals surface area contributed by atoms with Crippen LogP contribution in [0.2, 0.25) is 0 Å². The minimum absolute atomic E-state index is 0.0491. The number of hydrogen-bond acceptors (Lipinski definition) is 6. The Morgan fingerprint density at radius 1 is 1.44 bits per heavy atom. The lowest BCUT2D eigenvalue weighted by atomic mass is 10.2. The second-order valence-corrected chi connectivity index (χ2v) is 4.21. The summed E-state index contributed by atoms with van der Waals surface area (Å²) in [6.07, 6.45) is 1.28. The van der Waals surface area contributed by atoms with E-state index < -0.39 is 0 Å². The van der Waals surface area contributed by atoms with E-state index in [2.05, 4.69) is 10.1 Å². The normalized spacial score (nSPS) is 10.9. The molecule has 2 aromatic heterocycles. The Morgan fingerprint density at radius 3 is 2.83 bits per heavy atom. The van der Waals surface area contributed by atoms with Gasteiger partial charge in [-0.25, -0.2) is 0 Å². The third-order valence-corrected chi connectivity index (χ3v) is 2.28. The summed E-state index contributed by atoms with van der Waals surface area (Å²) in [5, 5.41) is 3.80. The maximum absolute atomic E-state index is 11.5. The van der Waals surface area contributed by atoms with Crippen LogP contribution >= 0.6 is 0 Å². The highest BCUT2D eigenvalue weighted by Gasteiger charge is 2.11. The van der Waals surface area contributed by atoms with E-state index in [-0.39, 0.29) is 23.7 Å². The van der Waals surface area contributed by atoms with Crippen molar-refractivity contribution in [2.75, 3.05) is 0 Å². The van der Waals surface area contributed by atoms with Crippen LogP contribution in [0.1, 0.15) is 37.2 Å². The zero-order chi connectivity index (χ0) is 13.1. The Hall–Kier alpha value is -2.11. The molecule has 0 radical (unpaired) electrons. The first kappa shape index (κ1) is 12.3. The average molecular weight is 250 g/mol. The maximum Gasteiger partial charge on any atom is 0.264 e. The summed E-state index contributed by atoms with van der Waals surface area (Å²) in [5.74, 6) is 1.80. The minimum Gasteiger partial charge on any atom is -0.477 e. The smallest absolute Gasteiger partial charge is 0.264 e. The molecule has 0 unspecified atom stereocenters. The highest BCUT2D eigenvalue weighted by molar-refractivity contribution is 5.17. The van der Waals surface area contributed by atoms with Crippen molar-refractivity contribution in [2.24, 2.45) is 0 Å². The van der Waals surface area contributed by atoms with Crippen molar-refractivity contribution in [3.05, 3.63) is 40.0 Å². The molecule has 0 aliphatic carbocycles. The predicted molar refractivity (Wildman–Crippen MR) is 62.4 cm³/mol. The first-order valence-corrected chi connectivity index (χ1v) is 5.61. The molecule has 2 heterocycles. The molecule has 0 saturated carbocycles. The molecule has 6 nitrogen and oxygen atoms in total. The molecule has 0 amide bonds. The van der Waals surface area contributed by atoms with Crippen LogP contribution in [0.3, 0.4) is 0 Å². The molecule has 18 heavy (non-hydrogen) atoms. The predicted octanol–water partition coefficient (Wildman–Crippen LogP) is 2.03. The standard InChI is InChI=1S/C12H14N2O4/c1-7(2)12-13-11(18-14-12)6-17-10-5-16-8(3)4-9(10)15/h4-5,7H,6H2,1-3H3. The van der Waals surface area contributed by atoms with Gasteiger partial charge in [0.1, 0.15) is 12.0 Å². The van der Waals surface area contributed by atoms with Crippen LogP contribution in [0.5, 0.6) is 5.75 Å². The SMILES string of the molecule is Cc1cc(=O)c(OCc2nc(C(C)C)no2)co1. The molecule has 6 heteroatoms. The molecule has 0 aromatic carbocycles. The monoisotopic (exact) mass is 250 g/mol. The lowest BCUT2D eigenvalue weighted by Gasteiger charge is -2.01. The van der Waals surface area contributed by atoms with Gasteiger partial charge in [-0.05, 0) is 6.92 Å². The third-order valence-electron chi connectivity index (χ3n) is 2.28. The van der Waals surface area contributed by atoms with Gasteiger partial charge in [0.15, 0.2) is 12.4 Å². The quantitative estimate of drug-likeness (QED) is 0.826. The summed E-state index contributed by atoms with van der Waals surface area (Å²) in [4.78, 5) is 15.7. The van der Waals surface area contributed by atoms with Crippen molar-refractivity contribution >= 4 is 0 Å². The molecule has 2 rings (SSSR count). The van der Waals surface area contributed by atoms with Gasteiger partial charge >= 0.3 is 0 Å². The van der Waals surface area contributed by atoms with Crippen LogP contribution in [0, 0.1) is 6.92 Å². The Labute approximate surface area is 104 Å². The lowest BCUT2D eigenvalue weighted by Crippen LogP contribution is -2.07. The van der Waals surface area contributed by atoms with Crippen molar-refractivity contribution in [3.63, 3.8) is 0 Å². The van der Waals surface area contributed by atoms with Gasteiger partial charge in [0.2, 0.25) is 11.2 Å². The van der Waals surface area contributed by atoms with E-state index >= 15 is 0 Å². The topological polar surface area (TPSA) is 78.4 Å². The molecule has 0 spiro atoms. The summed E-state index contributed by atoms with van der Waals surface area (Å²) in [6, 6.07) is 1.36. The van der Waals surface area contributed by atoms with Crippen LogP contribution in [0.4, 0.5) is 0 Å². The summed E-state index contributed by atoms with van der Waals surface area (Å²) >= 11 is 0. The van der Waals surface area contributed by atoms with Gasteiger partial charge in [0.25, 0.3) is 5.89 Å². The first-order chi connectivity index (χ1) is 8.56. The van der Waals surface area contributed by atoms with E-state index in [9.17, 15) is 4.79 Å². The molecular weight excluding hydrogens is 236 g/mol. The summed E-state index contributed by atoms with van der Waals surface area (Å²) in [6.45, 7) is 5.67. The van der Waals surface area contributed by atoms with E-state index in [1.165, 1.54) is 12.3 Å². The van der Waals surface area contributed by atoms with Crippen molar-refractivity contribution in [1.29, 1.82) is 0 Å². The van der Waals surface area contributed by atoms with Gasteiger partial charge in [-0.1, -0.05) is 19.0 Å². The molecule has 0 bridgehead atoms. The molecule has 0 fully saturated rings. The Balaban J connectivity index is 2.04. The zero-order valence-electron chi connectivity index (χ0n) is 10.5. The van der Waals surface area contributed by atoms with Crippen molar-refractivity contribution < 1.29 is 13.7 Å². The number of aromatic nitrogens is 2. The highest BCUT2D eigenvalue weighted by atomic mass is 16.5. The van der Waals surface area contributed by atoms with Gasteiger partial charge < -0.3 is 13.7 Å². The lowest BCUT2D eigenvalue weighted by molar-refractivity contribution is 0.234. The van der Waals surface area contributed by atoms with Gasteiger partial charge in [0, 0.05) is 12.0 Å². The second-order valence-electron chi connectivity index (χ2n) is 4.21. The summed E-state index contributed by atoms with van der Waals surface area (Å²) in [7, 11) is 0. The zero-order valence-corrected chi connectivity index (χ0v) is 10.5. The molecule has 0 aliphatic rings. The molecule has 0 saturated heterocycles. The second kappa shape index (κ2) is 5.03. The molecule has 96 valence electrons. The fourth-order valence-corrected chi connectivity index (χ4v) is 1.30. The van der Waals surface area contributed by atoms with E-state index in [0.717, 1.165) is 0 Å². The van der Waals surface area contributed by atoms with Crippen LogP contribution in [0.25, 0.3) is 0 Å². The highest BCUT2D eigenvalue weighted by Crippen LogP contribution is 2.11. The Bertz CT molecular complexity index is 586. The number of nitrogens with zero attached hydrogens (tertiary/aromatic N) is 2. The Morgan fingerprint density at radius 2 is 2.22 bits per heavy atom. The number of aryl methyl sites for hydroxylation is 1. The van der Waals surface area contributed by atoms with Gasteiger partial charge in [-0.15, -0.1) is 0 Å².